The highest BCUT2D eigenvalue weighted by molar-refractivity contribution is 6.29. The van der Waals surface area contributed by atoms with Crippen molar-refractivity contribution in [2.24, 2.45) is 0 Å². The Hall–Kier alpha value is -1.01. The molecule has 0 saturated carbocycles. The number of halogens is 4. The molecule has 0 bridgehead atoms. The van der Waals surface area contributed by atoms with E-state index in [0.29, 0.717) is 0 Å². The summed E-state index contributed by atoms with van der Waals surface area (Å²) in [5.41, 5.74) is -0.761. The minimum Gasteiger partial charge on any atom is -0.355 e. The van der Waals surface area contributed by atoms with Gasteiger partial charge in [-0.2, -0.15) is 13.2 Å². The molecule has 1 atom stereocenters. The predicted molar refractivity (Wildman–Crippen MR) is 73.2 cm³/mol. The van der Waals surface area contributed by atoms with Gasteiger partial charge in [0.15, 0.2) is 0 Å². The van der Waals surface area contributed by atoms with Crippen molar-refractivity contribution in [3.8, 4) is 0 Å². The van der Waals surface area contributed by atoms with Crippen molar-refractivity contribution in [1.82, 2.24) is 9.88 Å². The number of alkyl halides is 3. The van der Waals surface area contributed by atoms with Gasteiger partial charge in [0.25, 0.3) is 0 Å². The van der Waals surface area contributed by atoms with Crippen LogP contribution in [0.4, 0.5) is 19.0 Å². The molecule has 0 aliphatic carbocycles. The molecular weight excluding hydrogens is 291 g/mol. The Morgan fingerprint density at radius 2 is 2.10 bits per heavy atom. The van der Waals surface area contributed by atoms with Crippen molar-refractivity contribution in [1.29, 1.82) is 0 Å². The van der Waals surface area contributed by atoms with Crippen LogP contribution in [0.3, 0.4) is 0 Å². The molecule has 1 aliphatic heterocycles. The fourth-order valence-electron chi connectivity index (χ4n) is 2.47. The van der Waals surface area contributed by atoms with Crippen molar-refractivity contribution in [2.45, 2.75) is 25.1 Å². The standard InChI is InChI=1S/C13H17ClF3N3/c1-19-5-3-4-10(8-19)20(2)12-7-9(13(15,16)17)6-11(14)18-12/h6-7,10H,3-5,8H2,1-2H3. The fraction of sp³-hybridized carbons (Fsp3) is 0.615. The summed E-state index contributed by atoms with van der Waals surface area (Å²) in [5, 5.41) is -0.133. The van der Waals surface area contributed by atoms with Crippen LogP contribution in [0.15, 0.2) is 12.1 Å². The van der Waals surface area contributed by atoms with Gasteiger partial charge in [0, 0.05) is 19.6 Å². The monoisotopic (exact) mass is 307 g/mol. The molecule has 1 aromatic rings. The summed E-state index contributed by atoms with van der Waals surface area (Å²) in [6.45, 7) is 1.83. The van der Waals surface area contributed by atoms with E-state index in [1.54, 1.807) is 11.9 Å². The molecule has 1 aromatic heterocycles. The van der Waals surface area contributed by atoms with E-state index in [9.17, 15) is 13.2 Å². The molecule has 7 heteroatoms. The van der Waals surface area contributed by atoms with E-state index in [1.165, 1.54) is 0 Å². The normalized spacial score (nSPS) is 21.0. The van der Waals surface area contributed by atoms with Crippen LogP contribution < -0.4 is 4.90 Å². The van der Waals surface area contributed by atoms with E-state index in [4.69, 9.17) is 11.6 Å². The molecule has 1 unspecified atom stereocenters. The molecule has 1 saturated heterocycles. The molecule has 3 nitrogen and oxygen atoms in total. The molecule has 20 heavy (non-hydrogen) atoms. The Labute approximate surface area is 121 Å². The average molecular weight is 308 g/mol. The number of likely N-dealkylation sites (N-methyl/N-ethyl adjacent to an activating group) is 2. The van der Waals surface area contributed by atoms with Crippen LogP contribution >= 0.6 is 11.6 Å². The van der Waals surface area contributed by atoms with Gasteiger partial charge in [0.1, 0.15) is 11.0 Å². The predicted octanol–water partition coefficient (Wildman–Crippen LogP) is 3.28. The molecule has 0 radical (unpaired) electrons. The third kappa shape index (κ3) is 3.55. The van der Waals surface area contributed by atoms with Crippen molar-refractivity contribution < 1.29 is 13.2 Å². The van der Waals surface area contributed by atoms with Gasteiger partial charge in [0.2, 0.25) is 0 Å². The third-order valence-electron chi connectivity index (χ3n) is 3.62. The molecule has 112 valence electrons. The van der Waals surface area contributed by atoms with Crippen LogP contribution in [0.5, 0.6) is 0 Å². The number of aromatic nitrogens is 1. The van der Waals surface area contributed by atoms with Gasteiger partial charge in [-0.05, 0) is 38.6 Å². The summed E-state index contributed by atoms with van der Waals surface area (Å²) < 4.78 is 38.4. The fourth-order valence-corrected chi connectivity index (χ4v) is 2.67. The molecule has 1 aliphatic rings. The summed E-state index contributed by atoms with van der Waals surface area (Å²) in [6, 6.07) is 2.06. The number of pyridine rings is 1. The molecule has 2 rings (SSSR count). The molecule has 0 aromatic carbocycles. The maximum Gasteiger partial charge on any atom is 0.416 e. The minimum atomic E-state index is -4.41. The van der Waals surface area contributed by atoms with E-state index in [2.05, 4.69) is 9.88 Å². The van der Waals surface area contributed by atoms with Crippen LogP contribution in [0.25, 0.3) is 0 Å². The summed E-state index contributed by atoms with van der Waals surface area (Å²) in [7, 11) is 3.77. The molecule has 0 spiro atoms. The van der Waals surface area contributed by atoms with Crippen molar-refractivity contribution in [2.75, 3.05) is 32.1 Å². The average Bonchev–Trinajstić information content (AvgIpc) is 2.36. The van der Waals surface area contributed by atoms with Crippen LogP contribution in [-0.4, -0.2) is 43.1 Å². The zero-order valence-corrected chi connectivity index (χ0v) is 12.2. The van der Waals surface area contributed by atoms with Gasteiger partial charge in [-0.15, -0.1) is 0 Å². The van der Waals surface area contributed by atoms with E-state index in [0.717, 1.165) is 38.1 Å². The van der Waals surface area contributed by atoms with Gasteiger partial charge in [-0.25, -0.2) is 4.98 Å². The number of hydrogen-bond donors (Lipinski definition) is 0. The number of nitrogens with zero attached hydrogens (tertiary/aromatic N) is 3. The molecule has 1 fully saturated rings. The zero-order valence-electron chi connectivity index (χ0n) is 11.4. The van der Waals surface area contributed by atoms with E-state index >= 15 is 0 Å². The smallest absolute Gasteiger partial charge is 0.355 e. The highest BCUT2D eigenvalue weighted by Gasteiger charge is 2.32. The Kier molecular flexibility index (Phi) is 4.44. The summed E-state index contributed by atoms with van der Waals surface area (Å²) in [6.07, 6.45) is -2.44. The van der Waals surface area contributed by atoms with Crippen molar-refractivity contribution in [3.05, 3.63) is 22.8 Å². The highest BCUT2D eigenvalue weighted by Crippen LogP contribution is 2.33. The van der Waals surface area contributed by atoms with Crippen LogP contribution in [-0.2, 0) is 6.18 Å². The minimum absolute atomic E-state index is 0.133. The number of likely N-dealkylation sites (tertiary alicyclic amines) is 1. The van der Waals surface area contributed by atoms with Gasteiger partial charge in [-0.3, -0.25) is 0 Å². The second kappa shape index (κ2) is 5.77. The Bertz CT molecular complexity index is 478. The maximum atomic E-state index is 12.8. The van der Waals surface area contributed by atoms with Gasteiger partial charge in [0.05, 0.1) is 5.56 Å². The molecular formula is C13H17ClF3N3. The van der Waals surface area contributed by atoms with E-state index in [1.807, 2.05) is 7.05 Å². The van der Waals surface area contributed by atoms with Crippen molar-refractivity contribution >= 4 is 17.4 Å². The number of anilines is 1. The van der Waals surface area contributed by atoms with Gasteiger partial charge >= 0.3 is 6.18 Å². The highest BCUT2D eigenvalue weighted by atomic mass is 35.5. The van der Waals surface area contributed by atoms with Crippen LogP contribution in [0.1, 0.15) is 18.4 Å². The maximum absolute atomic E-state index is 12.8. The first kappa shape index (κ1) is 15.4. The zero-order chi connectivity index (χ0) is 14.9. The lowest BCUT2D eigenvalue weighted by atomic mass is 10.0. The first-order chi connectivity index (χ1) is 9.27. The van der Waals surface area contributed by atoms with Gasteiger partial charge in [-0.1, -0.05) is 11.6 Å². The van der Waals surface area contributed by atoms with Crippen LogP contribution in [0.2, 0.25) is 5.15 Å². The lowest BCUT2D eigenvalue weighted by Crippen LogP contribution is -2.45. The number of rotatable bonds is 2. The number of hydrogen-bond acceptors (Lipinski definition) is 3. The van der Waals surface area contributed by atoms with Crippen LogP contribution in [0, 0.1) is 0 Å². The first-order valence-electron chi connectivity index (χ1n) is 6.43. The topological polar surface area (TPSA) is 19.4 Å². The SMILES string of the molecule is CN1CCCC(N(C)c2cc(C(F)(F)F)cc(Cl)n2)C1. The quantitative estimate of drug-likeness (QED) is 0.782. The number of piperidine rings is 1. The summed E-state index contributed by atoms with van der Waals surface area (Å²) >= 11 is 5.72. The Morgan fingerprint density at radius 3 is 2.70 bits per heavy atom. The Morgan fingerprint density at radius 1 is 1.40 bits per heavy atom. The molecule has 2 heterocycles. The second-order valence-electron chi connectivity index (χ2n) is 5.20. The summed E-state index contributed by atoms with van der Waals surface area (Å²) in [4.78, 5) is 7.98. The van der Waals surface area contributed by atoms with Gasteiger partial charge < -0.3 is 9.80 Å². The third-order valence-corrected chi connectivity index (χ3v) is 3.81. The second-order valence-corrected chi connectivity index (χ2v) is 5.59. The first-order valence-corrected chi connectivity index (χ1v) is 6.81. The lowest BCUT2D eigenvalue weighted by Gasteiger charge is -2.36. The molecule has 0 N–H and O–H groups in total. The van der Waals surface area contributed by atoms with E-state index < -0.39 is 11.7 Å². The lowest BCUT2D eigenvalue weighted by molar-refractivity contribution is -0.137. The van der Waals surface area contributed by atoms with Crippen molar-refractivity contribution in [3.63, 3.8) is 0 Å². The summed E-state index contributed by atoms with van der Waals surface area (Å²) in [5.74, 6) is 0.269. The van der Waals surface area contributed by atoms with E-state index in [-0.39, 0.29) is 17.0 Å². The molecule has 0 amide bonds. The Balaban J connectivity index is 2.25. The largest absolute Gasteiger partial charge is 0.416 e.